The Kier molecular flexibility index (Phi) is 7.35. The third-order valence-corrected chi connectivity index (χ3v) is 10.3. The Morgan fingerprint density at radius 1 is 0.375 bits per heavy atom. The molecule has 0 saturated carbocycles. The highest BCUT2D eigenvalue weighted by Crippen LogP contribution is 2.42. The number of furan rings is 1. The van der Waals surface area contributed by atoms with Crippen molar-refractivity contribution in [3.05, 3.63) is 182 Å². The molecule has 0 unspecified atom stereocenters. The van der Waals surface area contributed by atoms with E-state index in [-0.39, 0.29) is 0 Å². The number of nitrogens with zero attached hydrogens (tertiary/aromatic N) is 6. The topological polar surface area (TPSA) is 82.5 Å². The zero-order valence-electron chi connectivity index (χ0n) is 29.9. The number of para-hydroxylation sites is 1. The first kappa shape index (κ1) is 31.7. The van der Waals surface area contributed by atoms with E-state index in [0.717, 1.165) is 71.8 Å². The highest BCUT2D eigenvalue weighted by Gasteiger charge is 2.25. The predicted octanol–water partition coefficient (Wildman–Crippen LogP) is 12.0. The number of hydrogen-bond donors (Lipinski definition) is 0. The quantitative estimate of drug-likeness (QED) is 0.170. The minimum Gasteiger partial charge on any atom is -0.452 e. The van der Waals surface area contributed by atoms with Crippen molar-refractivity contribution in [3.63, 3.8) is 0 Å². The monoisotopic (exact) mass is 718 g/mol. The van der Waals surface area contributed by atoms with Crippen LogP contribution < -0.4 is 0 Å². The van der Waals surface area contributed by atoms with Gasteiger partial charge in [-0.2, -0.15) is 9.97 Å². The van der Waals surface area contributed by atoms with Gasteiger partial charge in [0.2, 0.25) is 5.95 Å². The molecule has 0 aliphatic heterocycles. The summed E-state index contributed by atoms with van der Waals surface area (Å²) in [6, 6.07) is 61.6. The van der Waals surface area contributed by atoms with Gasteiger partial charge in [-0.05, 0) is 29.3 Å². The molecule has 7 heteroatoms. The average molecular weight is 719 g/mol. The van der Waals surface area contributed by atoms with Crippen LogP contribution in [0.4, 0.5) is 0 Å². The zero-order valence-corrected chi connectivity index (χ0v) is 29.9. The van der Waals surface area contributed by atoms with Crippen molar-refractivity contribution in [2.45, 2.75) is 0 Å². The second kappa shape index (κ2) is 13.0. The van der Waals surface area contributed by atoms with E-state index in [9.17, 15) is 0 Å². The molecule has 0 N–H and O–H groups in total. The first-order valence-corrected chi connectivity index (χ1v) is 18.5. The molecule has 0 amide bonds. The van der Waals surface area contributed by atoms with Crippen molar-refractivity contribution in [1.82, 2.24) is 29.5 Å². The Morgan fingerprint density at radius 2 is 0.875 bits per heavy atom. The largest absolute Gasteiger partial charge is 0.452 e. The Balaban J connectivity index is 1.22. The highest BCUT2D eigenvalue weighted by molar-refractivity contribution is 6.24. The third-order valence-electron chi connectivity index (χ3n) is 10.3. The van der Waals surface area contributed by atoms with Crippen LogP contribution >= 0.6 is 0 Å². The number of fused-ring (bicyclic) bond motifs is 7. The minimum atomic E-state index is 0.495. The fourth-order valence-electron chi connectivity index (χ4n) is 7.65. The van der Waals surface area contributed by atoms with Crippen molar-refractivity contribution < 1.29 is 4.42 Å². The highest BCUT2D eigenvalue weighted by atomic mass is 16.3. The van der Waals surface area contributed by atoms with Crippen molar-refractivity contribution in [2.24, 2.45) is 0 Å². The van der Waals surface area contributed by atoms with Crippen LogP contribution in [-0.2, 0) is 0 Å². The van der Waals surface area contributed by atoms with Crippen molar-refractivity contribution in [3.8, 4) is 62.5 Å². The molecule has 7 aromatic carbocycles. The lowest BCUT2D eigenvalue weighted by atomic mass is 10.0. The average Bonchev–Trinajstić information content (AvgIpc) is 3.83. The van der Waals surface area contributed by atoms with E-state index in [0.29, 0.717) is 34.6 Å². The van der Waals surface area contributed by atoms with Crippen molar-refractivity contribution in [2.75, 3.05) is 0 Å². The standard InChI is InChI=1S/C49H30N6O/c1-5-15-31(16-6-1)32-25-27-36(28-26-32)48-52-47(35-21-11-4-12-22-35)53-49(54-48)55-39-24-14-13-23-37(39)38-29-30-40-41(44(38)55)43-45(56-40)42(33-17-7-2-8-18-33)50-46(51-43)34-19-9-3-10-20-34/h1-30H. The zero-order chi connectivity index (χ0) is 37.0. The minimum absolute atomic E-state index is 0.495. The van der Waals surface area contributed by atoms with Gasteiger partial charge in [-0.25, -0.2) is 15.0 Å². The van der Waals surface area contributed by atoms with E-state index >= 15 is 0 Å². The Labute approximate surface area is 321 Å². The number of rotatable bonds is 6. The molecule has 0 saturated heterocycles. The van der Waals surface area contributed by atoms with Crippen LogP contribution in [0.5, 0.6) is 0 Å². The number of hydrogen-bond acceptors (Lipinski definition) is 6. The molecule has 0 aliphatic carbocycles. The van der Waals surface area contributed by atoms with E-state index in [1.54, 1.807) is 0 Å². The second-order valence-electron chi connectivity index (χ2n) is 13.7. The fourth-order valence-corrected chi connectivity index (χ4v) is 7.65. The van der Waals surface area contributed by atoms with Crippen LogP contribution in [0.15, 0.2) is 186 Å². The summed E-state index contributed by atoms with van der Waals surface area (Å²) in [4.78, 5) is 25.9. The Morgan fingerprint density at radius 3 is 1.52 bits per heavy atom. The summed E-state index contributed by atoms with van der Waals surface area (Å²) in [5, 5.41) is 2.96. The maximum Gasteiger partial charge on any atom is 0.238 e. The Bertz CT molecular complexity index is 3210. The summed E-state index contributed by atoms with van der Waals surface area (Å²) in [5.74, 6) is 2.26. The number of benzene rings is 7. The van der Waals surface area contributed by atoms with Crippen LogP contribution in [-0.4, -0.2) is 29.5 Å². The molecule has 0 radical (unpaired) electrons. The van der Waals surface area contributed by atoms with Gasteiger partial charge in [0.05, 0.1) is 16.4 Å². The molecule has 4 heterocycles. The lowest BCUT2D eigenvalue weighted by Crippen LogP contribution is -2.06. The molecule has 7 nitrogen and oxygen atoms in total. The molecular weight excluding hydrogens is 689 g/mol. The Hall–Kier alpha value is -7.77. The van der Waals surface area contributed by atoms with Gasteiger partial charge in [0, 0.05) is 33.0 Å². The predicted molar refractivity (Wildman–Crippen MR) is 224 cm³/mol. The van der Waals surface area contributed by atoms with Gasteiger partial charge >= 0.3 is 0 Å². The summed E-state index contributed by atoms with van der Waals surface area (Å²) < 4.78 is 8.91. The van der Waals surface area contributed by atoms with E-state index in [1.165, 1.54) is 0 Å². The number of aromatic nitrogens is 6. The molecule has 11 rings (SSSR count). The third kappa shape index (κ3) is 5.25. The van der Waals surface area contributed by atoms with Gasteiger partial charge in [-0.15, -0.1) is 0 Å². The second-order valence-corrected chi connectivity index (χ2v) is 13.7. The van der Waals surface area contributed by atoms with Gasteiger partial charge in [-0.1, -0.05) is 164 Å². The van der Waals surface area contributed by atoms with Gasteiger partial charge in [0.1, 0.15) is 16.8 Å². The summed E-state index contributed by atoms with van der Waals surface area (Å²) >= 11 is 0. The molecule has 11 aromatic rings. The van der Waals surface area contributed by atoms with Crippen molar-refractivity contribution in [1.29, 1.82) is 0 Å². The SMILES string of the molecule is c1ccc(-c2ccc(-c3nc(-c4ccccc4)nc(-n4c5ccccc5c5ccc6oc7c(-c8ccccc8)nc(-c8ccccc8)nc7c6c54)n3)cc2)cc1. The molecule has 0 bridgehead atoms. The van der Waals surface area contributed by atoms with Gasteiger partial charge < -0.3 is 4.42 Å². The van der Waals surface area contributed by atoms with Crippen LogP contribution in [0.25, 0.3) is 106 Å². The van der Waals surface area contributed by atoms with Crippen LogP contribution in [0.3, 0.4) is 0 Å². The van der Waals surface area contributed by atoms with E-state index < -0.39 is 0 Å². The lowest BCUT2D eigenvalue weighted by Gasteiger charge is -2.12. The van der Waals surface area contributed by atoms with Gasteiger partial charge in [0.25, 0.3) is 0 Å². The maximum absolute atomic E-state index is 6.77. The van der Waals surface area contributed by atoms with E-state index in [2.05, 4.69) is 89.5 Å². The smallest absolute Gasteiger partial charge is 0.238 e. The molecule has 56 heavy (non-hydrogen) atoms. The van der Waals surface area contributed by atoms with Crippen LogP contribution in [0.2, 0.25) is 0 Å². The van der Waals surface area contributed by atoms with Gasteiger partial charge in [0.15, 0.2) is 23.1 Å². The summed E-state index contributed by atoms with van der Waals surface area (Å²) in [7, 11) is 0. The van der Waals surface area contributed by atoms with Crippen LogP contribution in [0, 0.1) is 0 Å². The van der Waals surface area contributed by atoms with E-state index in [1.807, 2.05) is 97.1 Å². The van der Waals surface area contributed by atoms with Gasteiger partial charge in [-0.3, -0.25) is 4.57 Å². The molecule has 0 aliphatic rings. The molecule has 0 atom stereocenters. The molecule has 0 fully saturated rings. The first-order chi connectivity index (χ1) is 27.8. The lowest BCUT2D eigenvalue weighted by molar-refractivity contribution is 0.667. The normalized spacial score (nSPS) is 11.6. The maximum atomic E-state index is 6.77. The van der Waals surface area contributed by atoms with E-state index in [4.69, 9.17) is 29.3 Å². The van der Waals surface area contributed by atoms with Crippen molar-refractivity contribution >= 4 is 43.9 Å². The summed E-state index contributed by atoms with van der Waals surface area (Å²) in [6.45, 7) is 0. The van der Waals surface area contributed by atoms with Crippen LogP contribution in [0.1, 0.15) is 0 Å². The molecule has 4 aromatic heterocycles. The summed E-state index contributed by atoms with van der Waals surface area (Å²) in [5.41, 5.74) is 10.5. The molecule has 262 valence electrons. The molecular formula is C49H30N6O. The fraction of sp³-hybridized carbons (Fsp3) is 0. The molecule has 0 spiro atoms. The summed E-state index contributed by atoms with van der Waals surface area (Å²) in [6.07, 6.45) is 0. The first-order valence-electron chi connectivity index (χ1n) is 18.5.